The minimum atomic E-state index is 0.987. The van der Waals surface area contributed by atoms with Gasteiger partial charge in [0.05, 0.1) is 0 Å². The normalized spacial score (nSPS) is 12.1. The number of nitrogens with zero attached hydrogens (tertiary/aromatic N) is 1. The van der Waals surface area contributed by atoms with Gasteiger partial charge in [-0.25, -0.2) is 0 Å². The molecule has 0 aliphatic carbocycles. The number of allylic oxidation sites excluding steroid dienone is 5. The second-order valence-corrected chi connectivity index (χ2v) is 4.37. The lowest BCUT2D eigenvalue weighted by Crippen LogP contribution is -1.91. The van der Waals surface area contributed by atoms with E-state index in [4.69, 9.17) is 0 Å². The smallest absolute Gasteiger partial charge is 0.0407 e. The van der Waals surface area contributed by atoms with E-state index in [1.54, 1.807) is 0 Å². The summed E-state index contributed by atoms with van der Waals surface area (Å²) in [7, 11) is 0. The first-order valence-corrected chi connectivity index (χ1v) is 6.02. The Hall–Kier alpha value is -1.63. The molecule has 17 heavy (non-hydrogen) atoms. The SMILES string of the molecule is C=C(C)/C=C\C(=C/C)CCc1ccc(C)cn1. The topological polar surface area (TPSA) is 12.9 Å². The number of aryl methyl sites for hydroxylation is 2. The van der Waals surface area contributed by atoms with Crippen molar-refractivity contribution < 1.29 is 0 Å². The zero-order valence-corrected chi connectivity index (χ0v) is 11.0. The highest BCUT2D eigenvalue weighted by Crippen LogP contribution is 2.10. The van der Waals surface area contributed by atoms with Gasteiger partial charge >= 0.3 is 0 Å². The molecule has 0 aliphatic heterocycles. The summed E-state index contributed by atoms with van der Waals surface area (Å²) in [6.45, 7) is 10.00. The van der Waals surface area contributed by atoms with Crippen molar-refractivity contribution in [1.29, 1.82) is 0 Å². The lowest BCUT2D eigenvalue weighted by Gasteiger charge is -2.02. The van der Waals surface area contributed by atoms with Crippen LogP contribution in [0.3, 0.4) is 0 Å². The van der Waals surface area contributed by atoms with Crippen LogP contribution in [0, 0.1) is 6.92 Å². The molecule has 0 saturated heterocycles. The molecular weight excluding hydrogens is 206 g/mol. The van der Waals surface area contributed by atoms with Gasteiger partial charge < -0.3 is 0 Å². The molecule has 0 bridgehead atoms. The van der Waals surface area contributed by atoms with Crippen molar-refractivity contribution in [2.45, 2.75) is 33.6 Å². The van der Waals surface area contributed by atoms with E-state index in [1.165, 1.54) is 11.1 Å². The van der Waals surface area contributed by atoms with Gasteiger partial charge in [-0.05, 0) is 45.2 Å². The Balaban J connectivity index is 2.54. The van der Waals surface area contributed by atoms with Crippen molar-refractivity contribution in [2.24, 2.45) is 0 Å². The van der Waals surface area contributed by atoms with E-state index >= 15 is 0 Å². The molecule has 0 spiro atoms. The molecule has 0 N–H and O–H groups in total. The molecule has 1 aromatic rings. The Bertz CT molecular complexity index is 421. The number of aromatic nitrogens is 1. The van der Waals surface area contributed by atoms with E-state index in [0.29, 0.717) is 0 Å². The van der Waals surface area contributed by atoms with E-state index in [9.17, 15) is 0 Å². The maximum Gasteiger partial charge on any atom is 0.0407 e. The van der Waals surface area contributed by atoms with Gasteiger partial charge in [-0.3, -0.25) is 4.98 Å². The molecule has 1 heterocycles. The van der Waals surface area contributed by atoms with Gasteiger partial charge in [-0.1, -0.05) is 42.0 Å². The standard InChI is InChI=1S/C16H21N/c1-5-15(8-6-13(2)3)9-11-16-10-7-14(4)12-17-16/h5-8,10,12H,2,9,11H2,1,3-4H3/b8-6-,15-5+. The number of hydrogen-bond acceptors (Lipinski definition) is 1. The van der Waals surface area contributed by atoms with Crippen LogP contribution < -0.4 is 0 Å². The quantitative estimate of drug-likeness (QED) is 0.679. The zero-order chi connectivity index (χ0) is 12.7. The lowest BCUT2D eigenvalue weighted by molar-refractivity contribution is 0.912. The predicted molar refractivity (Wildman–Crippen MR) is 75.0 cm³/mol. The van der Waals surface area contributed by atoms with Crippen molar-refractivity contribution in [1.82, 2.24) is 4.98 Å². The summed E-state index contributed by atoms with van der Waals surface area (Å²) in [6, 6.07) is 4.21. The van der Waals surface area contributed by atoms with Gasteiger partial charge in [0.25, 0.3) is 0 Å². The second-order valence-electron chi connectivity index (χ2n) is 4.37. The van der Waals surface area contributed by atoms with Crippen LogP contribution in [-0.2, 0) is 6.42 Å². The molecule has 1 heteroatoms. The molecule has 0 amide bonds. The molecular formula is C16H21N. The van der Waals surface area contributed by atoms with E-state index in [-0.39, 0.29) is 0 Å². The van der Waals surface area contributed by atoms with E-state index in [0.717, 1.165) is 24.1 Å². The fraction of sp³-hybridized carbons (Fsp3) is 0.312. The second kappa shape index (κ2) is 6.85. The van der Waals surface area contributed by atoms with Gasteiger partial charge in [-0.15, -0.1) is 0 Å². The highest BCUT2D eigenvalue weighted by molar-refractivity contribution is 5.25. The van der Waals surface area contributed by atoms with E-state index in [1.807, 2.05) is 13.1 Å². The van der Waals surface area contributed by atoms with Crippen molar-refractivity contribution in [2.75, 3.05) is 0 Å². The fourth-order valence-corrected chi connectivity index (χ4v) is 1.49. The van der Waals surface area contributed by atoms with Crippen LogP contribution in [0.2, 0.25) is 0 Å². The van der Waals surface area contributed by atoms with Crippen molar-refractivity contribution >= 4 is 0 Å². The number of rotatable bonds is 5. The summed E-state index contributed by atoms with van der Waals surface area (Å²) in [4.78, 5) is 4.41. The van der Waals surface area contributed by atoms with Crippen molar-refractivity contribution in [3.8, 4) is 0 Å². The van der Waals surface area contributed by atoms with Crippen LogP contribution in [0.25, 0.3) is 0 Å². The largest absolute Gasteiger partial charge is 0.261 e. The summed E-state index contributed by atoms with van der Waals surface area (Å²) < 4.78 is 0. The average molecular weight is 227 g/mol. The third-order valence-corrected chi connectivity index (χ3v) is 2.60. The van der Waals surface area contributed by atoms with Crippen LogP contribution >= 0.6 is 0 Å². The van der Waals surface area contributed by atoms with Crippen LogP contribution in [0.5, 0.6) is 0 Å². The molecule has 0 aromatic carbocycles. The summed E-state index contributed by atoms with van der Waals surface area (Å²) in [5.41, 5.74) is 4.77. The molecule has 0 aliphatic rings. The maximum atomic E-state index is 4.41. The Morgan fingerprint density at radius 1 is 1.35 bits per heavy atom. The summed E-state index contributed by atoms with van der Waals surface area (Å²) >= 11 is 0. The number of hydrogen-bond donors (Lipinski definition) is 0. The lowest BCUT2D eigenvalue weighted by atomic mass is 10.1. The molecule has 1 rings (SSSR count). The van der Waals surface area contributed by atoms with Gasteiger partial charge in [0.15, 0.2) is 0 Å². The highest BCUT2D eigenvalue weighted by atomic mass is 14.7. The Morgan fingerprint density at radius 3 is 2.65 bits per heavy atom. The Morgan fingerprint density at radius 2 is 2.12 bits per heavy atom. The highest BCUT2D eigenvalue weighted by Gasteiger charge is 1.96. The molecule has 90 valence electrons. The molecule has 1 nitrogen and oxygen atoms in total. The zero-order valence-electron chi connectivity index (χ0n) is 11.0. The Kier molecular flexibility index (Phi) is 5.41. The minimum absolute atomic E-state index is 0.987. The number of pyridine rings is 1. The van der Waals surface area contributed by atoms with Gasteiger partial charge in [0.1, 0.15) is 0 Å². The average Bonchev–Trinajstić information content (AvgIpc) is 2.31. The van der Waals surface area contributed by atoms with Crippen molar-refractivity contribution in [3.05, 3.63) is 65.5 Å². The van der Waals surface area contributed by atoms with Gasteiger partial charge in [0, 0.05) is 11.9 Å². The third kappa shape index (κ3) is 5.30. The van der Waals surface area contributed by atoms with Crippen LogP contribution in [0.15, 0.2) is 54.3 Å². The minimum Gasteiger partial charge on any atom is -0.261 e. The first-order valence-electron chi connectivity index (χ1n) is 6.02. The molecule has 0 fully saturated rings. The molecule has 0 unspecified atom stereocenters. The van der Waals surface area contributed by atoms with Gasteiger partial charge in [0.2, 0.25) is 0 Å². The summed E-state index contributed by atoms with van der Waals surface area (Å²) in [5, 5.41) is 0. The molecule has 0 radical (unpaired) electrons. The Labute approximate surface area is 105 Å². The first kappa shape index (κ1) is 13.4. The van der Waals surface area contributed by atoms with E-state index < -0.39 is 0 Å². The summed E-state index contributed by atoms with van der Waals surface area (Å²) in [6.07, 6.45) is 10.3. The van der Waals surface area contributed by atoms with E-state index in [2.05, 4.69) is 55.8 Å². The molecule has 1 aromatic heterocycles. The van der Waals surface area contributed by atoms with Crippen LogP contribution in [0.4, 0.5) is 0 Å². The van der Waals surface area contributed by atoms with Crippen LogP contribution in [0.1, 0.15) is 31.5 Å². The monoisotopic (exact) mass is 227 g/mol. The first-order chi connectivity index (χ1) is 8.11. The third-order valence-electron chi connectivity index (χ3n) is 2.60. The molecule has 0 atom stereocenters. The summed E-state index contributed by atoms with van der Waals surface area (Å²) in [5.74, 6) is 0. The maximum absolute atomic E-state index is 4.41. The fourth-order valence-electron chi connectivity index (χ4n) is 1.49. The molecule has 0 saturated carbocycles. The predicted octanol–water partition coefficient (Wildman–Crippen LogP) is 4.40. The van der Waals surface area contributed by atoms with Gasteiger partial charge in [-0.2, -0.15) is 0 Å². The van der Waals surface area contributed by atoms with Crippen LogP contribution in [-0.4, -0.2) is 4.98 Å². The van der Waals surface area contributed by atoms with Crippen molar-refractivity contribution in [3.63, 3.8) is 0 Å².